The lowest BCUT2D eigenvalue weighted by molar-refractivity contribution is 0.167. The van der Waals surface area contributed by atoms with Crippen LogP contribution in [0.1, 0.15) is 24.4 Å². The van der Waals surface area contributed by atoms with Gasteiger partial charge in [-0.2, -0.15) is 0 Å². The molecular formula is C17H25Cl2N3. The summed E-state index contributed by atoms with van der Waals surface area (Å²) in [5, 5.41) is 4.80. The number of nitrogens with zero attached hydrogens (tertiary/aromatic N) is 1. The smallest absolute Gasteiger partial charge is 0.0457 e. The summed E-state index contributed by atoms with van der Waals surface area (Å²) in [6.45, 7) is 8.32. The number of halogens is 2. The molecule has 1 saturated heterocycles. The van der Waals surface area contributed by atoms with Gasteiger partial charge in [0.2, 0.25) is 0 Å². The summed E-state index contributed by atoms with van der Waals surface area (Å²) in [6, 6.07) is 9.09. The minimum Gasteiger partial charge on any atom is -0.361 e. The summed E-state index contributed by atoms with van der Waals surface area (Å²) in [5.74, 6) is 0. The molecule has 22 heavy (non-hydrogen) atoms. The van der Waals surface area contributed by atoms with Crippen LogP contribution in [0.15, 0.2) is 43.1 Å². The SMILES string of the molecule is C=CCC[C@@H](c1c[nH]c2ccccc12)N1CCNCC1.Cl.Cl. The largest absolute Gasteiger partial charge is 0.361 e. The van der Waals surface area contributed by atoms with Gasteiger partial charge in [0.15, 0.2) is 0 Å². The van der Waals surface area contributed by atoms with Crippen LogP contribution in [0.3, 0.4) is 0 Å². The maximum absolute atomic E-state index is 3.88. The molecule has 1 fully saturated rings. The van der Waals surface area contributed by atoms with E-state index in [0.717, 1.165) is 39.0 Å². The Morgan fingerprint density at radius 2 is 1.91 bits per heavy atom. The van der Waals surface area contributed by atoms with Crippen LogP contribution in [0.2, 0.25) is 0 Å². The molecule has 1 aromatic carbocycles. The number of benzene rings is 1. The molecule has 0 radical (unpaired) electrons. The lowest BCUT2D eigenvalue weighted by Crippen LogP contribution is -2.45. The highest BCUT2D eigenvalue weighted by Crippen LogP contribution is 2.31. The number of nitrogens with one attached hydrogen (secondary N) is 2. The predicted octanol–water partition coefficient (Wildman–Crippen LogP) is 3.92. The summed E-state index contributed by atoms with van der Waals surface area (Å²) >= 11 is 0. The summed E-state index contributed by atoms with van der Waals surface area (Å²) in [7, 11) is 0. The average Bonchev–Trinajstić information content (AvgIpc) is 2.93. The first kappa shape index (κ1) is 19.0. The van der Waals surface area contributed by atoms with Crippen molar-refractivity contribution in [2.24, 2.45) is 0 Å². The molecule has 1 aromatic heterocycles. The summed E-state index contributed by atoms with van der Waals surface area (Å²) in [5.41, 5.74) is 2.67. The van der Waals surface area contributed by atoms with Gasteiger partial charge in [0.05, 0.1) is 0 Å². The van der Waals surface area contributed by atoms with Crippen LogP contribution >= 0.6 is 24.8 Å². The fraction of sp³-hybridized carbons (Fsp3) is 0.412. The van der Waals surface area contributed by atoms with E-state index in [-0.39, 0.29) is 24.8 Å². The van der Waals surface area contributed by atoms with E-state index in [1.807, 2.05) is 6.08 Å². The second-order valence-corrected chi connectivity index (χ2v) is 5.46. The Kier molecular flexibility index (Phi) is 7.97. The second-order valence-electron chi connectivity index (χ2n) is 5.46. The second kappa shape index (κ2) is 9.21. The third-order valence-corrected chi connectivity index (χ3v) is 4.22. The van der Waals surface area contributed by atoms with Crippen LogP contribution in [0.5, 0.6) is 0 Å². The van der Waals surface area contributed by atoms with Gasteiger partial charge in [-0.05, 0) is 24.5 Å². The first-order valence-electron chi connectivity index (χ1n) is 7.52. The fourth-order valence-electron chi connectivity index (χ4n) is 3.17. The van der Waals surface area contributed by atoms with E-state index in [1.165, 1.54) is 16.5 Å². The van der Waals surface area contributed by atoms with E-state index in [0.29, 0.717) is 6.04 Å². The highest BCUT2D eigenvalue weighted by Gasteiger charge is 2.23. The van der Waals surface area contributed by atoms with Crippen LogP contribution in [-0.4, -0.2) is 36.1 Å². The quantitative estimate of drug-likeness (QED) is 0.807. The maximum atomic E-state index is 3.88. The van der Waals surface area contributed by atoms with Gasteiger partial charge in [0.25, 0.3) is 0 Å². The number of H-pyrrole nitrogens is 1. The molecule has 0 saturated carbocycles. The van der Waals surface area contributed by atoms with Crippen molar-refractivity contribution in [3.63, 3.8) is 0 Å². The molecule has 0 spiro atoms. The number of rotatable bonds is 5. The predicted molar refractivity (Wildman–Crippen MR) is 99.4 cm³/mol. The summed E-state index contributed by atoms with van der Waals surface area (Å²) < 4.78 is 0. The average molecular weight is 342 g/mol. The molecule has 3 rings (SSSR count). The van der Waals surface area contributed by atoms with Crippen LogP contribution in [0, 0.1) is 0 Å². The molecule has 2 N–H and O–H groups in total. The van der Waals surface area contributed by atoms with Crippen molar-refractivity contribution >= 4 is 35.7 Å². The third-order valence-electron chi connectivity index (χ3n) is 4.22. The monoisotopic (exact) mass is 341 g/mol. The van der Waals surface area contributed by atoms with Crippen molar-refractivity contribution in [2.75, 3.05) is 26.2 Å². The minimum atomic E-state index is 0. The highest BCUT2D eigenvalue weighted by molar-refractivity contribution is 5.85. The van der Waals surface area contributed by atoms with E-state index in [1.54, 1.807) is 0 Å². The van der Waals surface area contributed by atoms with Crippen LogP contribution in [0.4, 0.5) is 0 Å². The number of para-hydroxylation sites is 1. The van der Waals surface area contributed by atoms with Crippen LogP contribution in [0.25, 0.3) is 10.9 Å². The van der Waals surface area contributed by atoms with Crippen molar-refractivity contribution < 1.29 is 0 Å². The number of allylic oxidation sites excluding steroid dienone is 1. The minimum absolute atomic E-state index is 0. The van der Waals surface area contributed by atoms with Crippen molar-refractivity contribution in [3.8, 4) is 0 Å². The molecule has 1 aliphatic heterocycles. The molecule has 0 unspecified atom stereocenters. The normalized spacial score (nSPS) is 16.5. The van der Waals surface area contributed by atoms with Gasteiger partial charge >= 0.3 is 0 Å². The van der Waals surface area contributed by atoms with E-state index < -0.39 is 0 Å². The number of aromatic amines is 1. The van der Waals surface area contributed by atoms with Gasteiger partial charge in [-0.25, -0.2) is 0 Å². The molecule has 0 aliphatic carbocycles. The van der Waals surface area contributed by atoms with Gasteiger partial charge < -0.3 is 10.3 Å². The number of hydrogen-bond acceptors (Lipinski definition) is 2. The van der Waals surface area contributed by atoms with Crippen molar-refractivity contribution in [2.45, 2.75) is 18.9 Å². The molecule has 2 heterocycles. The lowest BCUT2D eigenvalue weighted by Gasteiger charge is -2.35. The molecule has 0 amide bonds. The number of hydrogen-bond donors (Lipinski definition) is 2. The lowest BCUT2D eigenvalue weighted by atomic mass is 9.99. The standard InChI is InChI=1S/C17H23N3.2ClH/c1-2-3-8-17(20-11-9-18-10-12-20)15-13-19-16-7-5-4-6-14(15)16;;/h2,4-7,13,17-19H,1,3,8-12H2;2*1H/t17-;;/m0../s1. The first-order valence-corrected chi connectivity index (χ1v) is 7.52. The number of fused-ring (bicyclic) bond motifs is 1. The van der Waals surface area contributed by atoms with Gasteiger partial charge in [0, 0.05) is 49.3 Å². The van der Waals surface area contributed by atoms with Crippen molar-refractivity contribution in [3.05, 3.63) is 48.7 Å². The Bertz CT molecular complexity index is 576. The van der Waals surface area contributed by atoms with Crippen molar-refractivity contribution in [1.29, 1.82) is 0 Å². The molecule has 2 aromatic rings. The molecule has 1 atom stereocenters. The van der Waals surface area contributed by atoms with Gasteiger partial charge in [-0.1, -0.05) is 24.3 Å². The molecule has 0 bridgehead atoms. The number of piperazine rings is 1. The van der Waals surface area contributed by atoms with E-state index >= 15 is 0 Å². The molecule has 5 heteroatoms. The topological polar surface area (TPSA) is 31.1 Å². The molecule has 1 aliphatic rings. The van der Waals surface area contributed by atoms with E-state index in [4.69, 9.17) is 0 Å². The molecule has 122 valence electrons. The van der Waals surface area contributed by atoms with Crippen molar-refractivity contribution in [1.82, 2.24) is 15.2 Å². The summed E-state index contributed by atoms with van der Waals surface area (Å²) in [6.07, 6.45) is 6.43. The van der Waals surface area contributed by atoms with Crippen LogP contribution < -0.4 is 5.32 Å². The third kappa shape index (κ3) is 4.05. The van der Waals surface area contributed by atoms with Gasteiger partial charge in [0.1, 0.15) is 0 Å². The fourth-order valence-corrected chi connectivity index (χ4v) is 3.17. The number of aromatic nitrogens is 1. The maximum Gasteiger partial charge on any atom is 0.0457 e. The van der Waals surface area contributed by atoms with Crippen LogP contribution in [-0.2, 0) is 0 Å². The molecular weight excluding hydrogens is 317 g/mol. The Labute approximate surface area is 145 Å². The first-order chi connectivity index (χ1) is 9.90. The molecule has 3 nitrogen and oxygen atoms in total. The zero-order chi connectivity index (χ0) is 13.8. The Hall–Kier alpha value is -1.000. The van der Waals surface area contributed by atoms with Gasteiger partial charge in [-0.3, -0.25) is 4.90 Å². The Morgan fingerprint density at radius 3 is 2.64 bits per heavy atom. The Balaban J connectivity index is 0.00000121. The zero-order valence-corrected chi connectivity index (χ0v) is 14.4. The zero-order valence-electron chi connectivity index (χ0n) is 12.8. The highest BCUT2D eigenvalue weighted by atomic mass is 35.5. The Morgan fingerprint density at radius 1 is 1.18 bits per heavy atom. The van der Waals surface area contributed by atoms with E-state index in [9.17, 15) is 0 Å². The van der Waals surface area contributed by atoms with Gasteiger partial charge in [-0.15, -0.1) is 31.4 Å². The summed E-state index contributed by atoms with van der Waals surface area (Å²) in [4.78, 5) is 6.02. The van der Waals surface area contributed by atoms with E-state index in [2.05, 4.69) is 52.2 Å².